The van der Waals surface area contributed by atoms with Gasteiger partial charge in [0.1, 0.15) is 53.3 Å². The van der Waals surface area contributed by atoms with Crippen LogP contribution in [0, 0.1) is 11.8 Å². The smallest absolute Gasteiger partial charge is 0.245 e. The first kappa shape index (κ1) is 86.4. The maximum absolute atomic E-state index is 15.3. The van der Waals surface area contributed by atoms with E-state index >= 15 is 4.21 Å². The summed E-state index contributed by atoms with van der Waals surface area (Å²) in [7, 11) is -1.01. The molecule has 11 atom stereocenters. The Bertz CT molecular complexity index is 3000. The lowest BCUT2D eigenvalue weighted by Gasteiger charge is -2.32. The second-order valence-electron chi connectivity index (χ2n) is 24.1. The lowest BCUT2D eigenvalue weighted by molar-refractivity contribution is -0.143. The van der Waals surface area contributed by atoms with Gasteiger partial charge >= 0.3 is 0 Å². The molecule has 0 aliphatic carbocycles. The summed E-state index contributed by atoms with van der Waals surface area (Å²) < 4.78 is 59.3. The van der Waals surface area contributed by atoms with Crippen LogP contribution in [0.5, 0.6) is 5.75 Å². The fraction of sp³-hybridized carbons (Fsp3) is 0.708. The van der Waals surface area contributed by atoms with E-state index in [4.69, 9.17) is 49.4 Å². The molecule has 34 nitrogen and oxygen atoms in total. The van der Waals surface area contributed by atoms with Gasteiger partial charge in [-0.15, -0.1) is 0 Å². The highest BCUT2D eigenvalue weighted by Gasteiger charge is 2.45. The largest absolute Gasteiger partial charge is 0.496 e. The first-order chi connectivity index (χ1) is 48.5. The normalized spacial score (nSPS) is 20.4. The molecule has 1 saturated heterocycles. The molecule has 1 aromatic heterocycles. The van der Waals surface area contributed by atoms with E-state index in [0.717, 1.165) is 11.2 Å². The summed E-state index contributed by atoms with van der Waals surface area (Å²) in [5.74, 6) is -9.88. The number of H-pyrrole nitrogens is 1. The molecule has 0 saturated carbocycles. The molecule has 2 aliphatic rings. The average Bonchev–Trinajstić information content (AvgIpc) is 1.62. The highest BCUT2D eigenvalue weighted by molar-refractivity contribution is 7.98. The molecule has 0 bridgehead atoms. The van der Waals surface area contributed by atoms with E-state index in [-0.39, 0.29) is 54.2 Å². The Kier molecular flexibility index (Phi) is 41.1. The van der Waals surface area contributed by atoms with Crippen molar-refractivity contribution in [1.29, 1.82) is 0 Å². The number of ether oxygens (including phenoxy) is 8. The number of nitrogens with one attached hydrogen (secondary N) is 8. The Hall–Kier alpha value is -6.97. The third-order valence-corrected chi connectivity index (χ3v) is 19.1. The van der Waals surface area contributed by atoms with Gasteiger partial charge in [0.15, 0.2) is 0 Å². The van der Waals surface area contributed by atoms with Crippen molar-refractivity contribution >= 4 is 98.8 Å². The van der Waals surface area contributed by atoms with Gasteiger partial charge in [0.05, 0.1) is 147 Å². The van der Waals surface area contributed by atoms with Gasteiger partial charge in [0.2, 0.25) is 59.1 Å². The first-order valence-electron chi connectivity index (χ1n) is 34.0. The molecule has 1 aromatic carbocycles. The molecule has 4 rings (SSSR count). The van der Waals surface area contributed by atoms with Crippen molar-refractivity contribution in [2.45, 2.75) is 151 Å². The minimum Gasteiger partial charge on any atom is -0.496 e. The quantitative estimate of drug-likeness (QED) is 0.0229. The number of hydrogen-bond acceptors (Lipinski definition) is 24. The Labute approximate surface area is 594 Å². The number of unbranched alkanes of at least 4 members (excludes halogenated alkanes) is 1. The molecule has 0 radical (unpaired) electrons. The number of aldehydes is 1. The van der Waals surface area contributed by atoms with E-state index in [1.54, 1.807) is 32.9 Å². The predicted octanol–water partition coefficient (Wildman–Crippen LogP) is -3.24. The van der Waals surface area contributed by atoms with E-state index in [1.165, 1.54) is 25.8 Å². The number of carbonyl (C=O) groups is 11. The van der Waals surface area contributed by atoms with Gasteiger partial charge in [-0.25, -0.2) is 0 Å². The lowest BCUT2D eigenvalue weighted by atomic mass is 9.93. The number of aliphatic hydroxyl groups excluding tert-OH is 3. The molecule has 101 heavy (non-hydrogen) atoms. The molecule has 1 fully saturated rings. The number of aromatic amines is 1. The van der Waals surface area contributed by atoms with Crippen LogP contribution < -0.4 is 53.4 Å². The Morgan fingerprint density at radius 3 is 1.96 bits per heavy atom. The van der Waals surface area contributed by atoms with E-state index in [0.29, 0.717) is 139 Å². The topological polar surface area (TPSA) is 495 Å². The number of primary amides is 2. The molecule has 2 aliphatic heterocycles. The van der Waals surface area contributed by atoms with E-state index < -0.39 is 169 Å². The zero-order valence-corrected chi connectivity index (χ0v) is 60.0. The number of rotatable bonds is 47. The van der Waals surface area contributed by atoms with Gasteiger partial charge in [0, 0.05) is 74.2 Å². The molecule has 15 N–H and O–H groups in total. The average molecular weight is 1470 g/mol. The van der Waals surface area contributed by atoms with Crippen LogP contribution in [0.15, 0.2) is 17.2 Å². The number of benzene rings is 1. The third-order valence-electron chi connectivity index (χ3n) is 16.6. The summed E-state index contributed by atoms with van der Waals surface area (Å²) in [6.07, 6.45) is -1.79. The number of carbonyl (C=O) groups excluding carboxylic acids is 11. The van der Waals surface area contributed by atoms with Gasteiger partial charge in [-0.1, -0.05) is 34.1 Å². The highest BCUT2D eigenvalue weighted by Crippen LogP contribution is 2.36. The van der Waals surface area contributed by atoms with Crippen LogP contribution in [0.3, 0.4) is 0 Å². The van der Waals surface area contributed by atoms with Crippen LogP contribution >= 0.6 is 11.8 Å². The van der Waals surface area contributed by atoms with Crippen molar-refractivity contribution < 1.29 is 110 Å². The number of aromatic nitrogens is 1. The van der Waals surface area contributed by atoms with Crippen molar-refractivity contribution in [3.05, 3.63) is 23.3 Å². The number of fused-ring (bicyclic) bond motifs is 4. The zero-order valence-electron chi connectivity index (χ0n) is 58.4. The van der Waals surface area contributed by atoms with Crippen LogP contribution in [-0.4, -0.2) is 281 Å². The molecule has 570 valence electrons. The molecule has 1 unspecified atom stereocenters. The summed E-state index contributed by atoms with van der Waals surface area (Å²) in [6, 6.07) is -6.37. The number of thioether (sulfide) groups is 1. The number of methoxy groups -OCH3 is 1. The highest BCUT2D eigenvalue weighted by atomic mass is 32.2. The van der Waals surface area contributed by atoms with Gasteiger partial charge in [-0.2, -0.15) is 11.8 Å². The summed E-state index contributed by atoms with van der Waals surface area (Å²) in [6.45, 7) is 9.91. The lowest BCUT2D eigenvalue weighted by Crippen LogP contribution is -2.61. The Balaban J connectivity index is 1.49. The van der Waals surface area contributed by atoms with Crippen molar-refractivity contribution in [2.75, 3.05) is 137 Å². The van der Waals surface area contributed by atoms with Crippen LogP contribution in [0.1, 0.15) is 96.6 Å². The number of amides is 10. The fourth-order valence-electron chi connectivity index (χ4n) is 10.6. The fourth-order valence-corrected chi connectivity index (χ4v) is 13.0. The maximum atomic E-state index is 15.3. The minimum atomic E-state index is -2.44. The minimum absolute atomic E-state index is 0.0617. The Morgan fingerprint density at radius 1 is 0.782 bits per heavy atom. The number of nitrogens with zero attached hydrogens (tertiary/aromatic N) is 1. The first-order valence-corrected chi connectivity index (χ1v) is 36.5. The monoisotopic (exact) mass is 1470 g/mol. The van der Waals surface area contributed by atoms with Gasteiger partial charge in [0.25, 0.3) is 0 Å². The summed E-state index contributed by atoms with van der Waals surface area (Å²) >= 11 is 1.49. The van der Waals surface area contributed by atoms with Gasteiger partial charge in [-0.05, 0) is 48.6 Å². The number of hydrogen-bond donors (Lipinski definition) is 13. The molecular weight excluding hydrogens is 1370 g/mol. The van der Waals surface area contributed by atoms with Crippen LogP contribution in [-0.2, 0) is 109 Å². The number of aliphatic hydroxyl groups is 3. The van der Waals surface area contributed by atoms with Crippen LogP contribution in [0.4, 0.5) is 0 Å². The summed E-state index contributed by atoms with van der Waals surface area (Å²) in [5.41, 5.74) is 12.6. The second-order valence-corrected chi connectivity index (χ2v) is 26.6. The predicted molar refractivity (Wildman–Crippen MR) is 368 cm³/mol. The van der Waals surface area contributed by atoms with Crippen molar-refractivity contribution in [1.82, 2.24) is 47.1 Å². The molecule has 3 heterocycles. The van der Waals surface area contributed by atoms with Crippen molar-refractivity contribution in [3.8, 4) is 5.75 Å². The molecule has 2 aromatic rings. The van der Waals surface area contributed by atoms with Crippen molar-refractivity contribution in [2.24, 2.45) is 23.3 Å². The molecular formula is C65H105N11O23S2. The van der Waals surface area contributed by atoms with Gasteiger partial charge < -0.3 is 117 Å². The summed E-state index contributed by atoms with van der Waals surface area (Å²) in [4.78, 5) is 151. The molecule has 10 amide bonds. The zero-order chi connectivity index (χ0) is 74.2. The Morgan fingerprint density at radius 2 is 1.40 bits per heavy atom. The van der Waals surface area contributed by atoms with Crippen molar-refractivity contribution in [3.63, 3.8) is 0 Å². The summed E-state index contributed by atoms with van der Waals surface area (Å²) in [5, 5.41) is 50.1. The standard InChI is InChI=1S/C65H105N11O23S2/c1-6-40(3)56(73-53(82)7-2)62(88)69-35-55(84)70-48-39-101(91)64-44(34-47(59(67)85)72-63(89)57(41(4)50(80)37-78)74-61(87)49-33-42(79)36-76(49)65(90)46(71-60(48)86)12-14-52(66)81)43-11-13-51(92-5)45(58(43)75-64)38-100-32-9-8-16-68-54(83)15-19-94-21-23-96-25-27-98-29-31-99-30-28-97-26-24-95-22-20-93-18-10-17-77/h11,13,17,40-42,46-50,56-57,75,78-80H,6-10,12,14-16,18-39H2,1-5H3,(H2,66,81)(H2,67,85)(H,68,83)(H,69,88)(H,70,84)(H,71,86)(H,72,89)(H,73,82)(H,74,87)/t40-,41-,42+,46-,47-,48-,49-,50-,56-,57-,101?/m0/s1. The van der Waals surface area contributed by atoms with Crippen LogP contribution in [0.2, 0.25) is 0 Å². The number of nitrogens with two attached hydrogens (primary N) is 2. The van der Waals surface area contributed by atoms with E-state index in [9.17, 15) is 68.1 Å². The van der Waals surface area contributed by atoms with Gasteiger partial charge in [-0.3, -0.25) is 52.2 Å². The third kappa shape index (κ3) is 30.5. The van der Waals surface area contributed by atoms with Crippen LogP contribution in [0.25, 0.3) is 10.9 Å². The van der Waals surface area contributed by atoms with E-state index in [1.807, 2.05) is 0 Å². The SMILES string of the molecule is CCC(=O)N[C@H](C(=O)NCC(=O)N[C@H]1CS(=O)c2[nH]c3c(CSCCCCNC(=O)CCOCCOCCOCCOCCOCCOCCOCCC=O)c(OC)ccc3c2C[C@@H](C(N)=O)NC(=O)[C@H]([C@@H](C)[C@@H](O)CO)NC(=O)[C@@H]2C[C@@H](O)CN2C(=O)[C@H](CCC(N)=O)NC1=O)[C@@H](C)CC. The maximum Gasteiger partial charge on any atom is 0.245 e. The van der Waals surface area contributed by atoms with E-state index in [2.05, 4.69) is 42.2 Å². The second kappa shape index (κ2) is 48.1. The molecule has 0 spiro atoms. The molecule has 36 heteroatoms.